The first-order valence-electron chi connectivity index (χ1n) is 7.31. The van der Waals surface area contributed by atoms with E-state index in [-0.39, 0.29) is 6.04 Å². The van der Waals surface area contributed by atoms with Crippen LogP contribution in [0.25, 0.3) is 0 Å². The number of hydrogen-bond donors (Lipinski definition) is 1. The molecule has 0 saturated heterocycles. The lowest BCUT2D eigenvalue weighted by molar-refractivity contribution is 0.600. The lowest BCUT2D eigenvalue weighted by Crippen LogP contribution is -2.22. The molecule has 0 fully saturated rings. The van der Waals surface area contributed by atoms with Gasteiger partial charge in [0.15, 0.2) is 0 Å². The summed E-state index contributed by atoms with van der Waals surface area (Å²) >= 11 is 6.33. The highest BCUT2D eigenvalue weighted by molar-refractivity contribution is 6.31. The van der Waals surface area contributed by atoms with Crippen molar-refractivity contribution < 1.29 is 0 Å². The van der Waals surface area contributed by atoms with E-state index in [1.54, 1.807) is 0 Å². The number of hydrogen-bond acceptors (Lipinski definition) is 3. The van der Waals surface area contributed by atoms with Crippen LogP contribution in [-0.2, 0) is 20.0 Å². The summed E-state index contributed by atoms with van der Waals surface area (Å²) in [6.07, 6.45) is 1.84. The lowest BCUT2D eigenvalue weighted by atomic mass is 10.0. The fourth-order valence-corrected chi connectivity index (χ4v) is 2.80. The number of nitrogens with two attached hydrogens (primary N) is 1. The van der Waals surface area contributed by atoms with Gasteiger partial charge in [-0.3, -0.25) is 9.36 Å². The van der Waals surface area contributed by atoms with Crippen molar-refractivity contribution in [3.63, 3.8) is 0 Å². The van der Waals surface area contributed by atoms with E-state index >= 15 is 0 Å². The Labute approximate surface area is 131 Å². The molecule has 6 heteroatoms. The van der Waals surface area contributed by atoms with Gasteiger partial charge in [-0.2, -0.15) is 10.2 Å². The standard InChI is InChI=1S/C15H24ClN5/c1-6-12(17)7-13-9(2)19-21(11(13)4)8-14-15(16)10(3)18-20(14)5/h12H,6-8,17H2,1-5H3. The molecule has 1 atom stereocenters. The van der Waals surface area contributed by atoms with Crippen LogP contribution < -0.4 is 5.73 Å². The molecule has 1 unspecified atom stereocenters. The fourth-order valence-electron chi connectivity index (χ4n) is 2.58. The van der Waals surface area contributed by atoms with Gasteiger partial charge in [0.1, 0.15) is 0 Å². The van der Waals surface area contributed by atoms with E-state index in [0.29, 0.717) is 6.54 Å². The van der Waals surface area contributed by atoms with Crippen LogP contribution in [0.2, 0.25) is 5.02 Å². The molecule has 0 aliphatic carbocycles. The van der Waals surface area contributed by atoms with Gasteiger partial charge in [-0.05, 0) is 39.2 Å². The van der Waals surface area contributed by atoms with Crippen molar-refractivity contribution in [1.82, 2.24) is 19.6 Å². The molecule has 2 rings (SSSR count). The van der Waals surface area contributed by atoms with Gasteiger partial charge in [0.05, 0.1) is 28.6 Å². The molecular formula is C15H24ClN5. The molecule has 0 saturated carbocycles. The first-order valence-corrected chi connectivity index (χ1v) is 7.69. The summed E-state index contributed by atoms with van der Waals surface area (Å²) in [5, 5.41) is 9.72. The van der Waals surface area contributed by atoms with Crippen LogP contribution in [-0.4, -0.2) is 25.6 Å². The van der Waals surface area contributed by atoms with E-state index in [4.69, 9.17) is 17.3 Å². The van der Waals surface area contributed by atoms with Gasteiger partial charge in [-0.25, -0.2) is 0 Å². The molecule has 21 heavy (non-hydrogen) atoms. The van der Waals surface area contributed by atoms with Crippen LogP contribution in [0.3, 0.4) is 0 Å². The Morgan fingerprint density at radius 2 is 1.86 bits per heavy atom. The first kappa shape index (κ1) is 16.0. The highest BCUT2D eigenvalue weighted by atomic mass is 35.5. The summed E-state index contributed by atoms with van der Waals surface area (Å²) in [6.45, 7) is 8.78. The van der Waals surface area contributed by atoms with E-state index in [1.807, 2.05) is 30.3 Å². The Bertz CT molecular complexity index is 641. The third kappa shape index (κ3) is 3.14. The number of nitrogens with zero attached hydrogens (tertiary/aromatic N) is 4. The minimum Gasteiger partial charge on any atom is -0.327 e. The van der Waals surface area contributed by atoms with Crippen LogP contribution in [0.1, 0.15) is 41.7 Å². The van der Waals surface area contributed by atoms with Crippen molar-refractivity contribution in [2.24, 2.45) is 12.8 Å². The maximum atomic E-state index is 6.33. The summed E-state index contributed by atoms with van der Waals surface area (Å²) in [4.78, 5) is 0. The van der Waals surface area contributed by atoms with E-state index < -0.39 is 0 Å². The third-order valence-corrected chi connectivity index (χ3v) is 4.57. The normalized spacial score (nSPS) is 12.9. The van der Waals surface area contributed by atoms with Crippen LogP contribution in [0, 0.1) is 20.8 Å². The fraction of sp³-hybridized carbons (Fsp3) is 0.600. The maximum absolute atomic E-state index is 6.33. The molecule has 0 spiro atoms. The molecule has 0 aromatic carbocycles. The molecule has 2 N–H and O–H groups in total. The van der Waals surface area contributed by atoms with Crippen molar-refractivity contribution in [3.8, 4) is 0 Å². The zero-order valence-corrected chi connectivity index (χ0v) is 14.2. The summed E-state index contributed by atoms with van der Waals surface area (Å²) in [7, 11) is 1.91. The largest absolute Gasteiger partial charge is 0.327 e. The van der Waals surface area contributed by atoms with Crippen molar-refractivity contribution in [2.45, 2.75) is 53.1 Å². The van der Waals surface area contributed by atoms with Crippen LogP contribution in [0.15, 0.2) is 0 Å². The first-order chi connectivity index (χ1) is 9.85. The predicted octanol–water partition coefficient (Wildman–Crippen LogP) is 2.52. The second-order valence-corrected chi connectivity index (χ2v) is 6.03. The van der Waals surface area contributed by atoms with Crippen LogP contribution >= 0.6 is 11.6 Å². The Balaban J connectivity index is 2.31. The van der Waals surface area contributed by atoms with Gasteiger partial charge < -0.3 is 5.73 Å². The summed E-state index contributed by atoms with van der Waals surface area (Å²) in [6, 6.07) is 0.183. The van der Waals surface area contributed by atoms with Crippen LogP contribution in [0.5, 0.6) is 0 Å². The minimum atomic E-state index is 0.183. The molecule has 2 heterocycles. The van der Waals surface area contributed by atoms with E-state index in [0.717, 1.165) is 40.6 Å². The molecule has 0 amide bonds. The Hall–Kier alpha value is -1.33. The Kier molecular flexibility index (Phi) is 4.74. The van der Waals surface area contributed by atoms with Gasteiger partial charge in [0.2, 0.25) is 0 Å². The summed E-state index contributed by atoms with van der Waals surface area (Å²) in [5.74, 6) is 0. The number of aromatic nitrogens is 4. The Morgan fingerprint density at radius 1 is 1.19 bits per heavy atom. The van der Waals surface area contributed by atoms with Gasteiger partial charge >= 0.3 is 0 Å². The van der Waals surface area contributed by atoms with Crippen molar-refractivity contribution in [3.05, 3.63) is 33.4 Å². The minimum absolute atomic E-state index is 0.183. The molecule has 116 valence electrons. The van der Waals surface area contributed by atoms with E-state index in [9.17, 15) is 0 Å². The topological polar surface area (TPSA) is 61.7 Å². The molecule has 0 aliphatic heterocycles. The maximum Gasteiger partial charge on any atom is 0.0866 e. The summed E-state index contributed by atoms with van der Waals surface area (Å²) in [5.41, 5.74) is 11.4. The molecule has 0 bridgehead atoms. The second-order valence-electron chi connectivity index (χ2n) is 5.65. The second kappa shape index (κ2) is 6.20. The smallest absolute Gasteiger partial charge is 0.0866 e. The van der Waals surface area contributed by atoms with Gasteiger partial charge in [-0.1, -0.05) is 18.5 Å². The van der Waals surface area contributed by atoms with Gasteiger partial charge in [0.25, 0.3) is 0 Å². The van der Waals surface area contributed by atoms with Gasteiger partial charge in [0, 0.05) is 18.8 Å². The number of halogens is 1. The molecular weight excluding hydrogens is 286 g/mol. The van der Waals surface area contributed by atoms with E-state index in [1.165, 1.54) is 5.56 Å². The quantitative estimate of drug-likeness (QED) is 0.923. The average molecular weight is 310 g/mol. The summed E-state index contributed by atoms with van der Waals surface area (Å²) < 4.78 is 3.82. The molecule has 0 radical (unpaired) electrons. The zero-order chi connectivity index (χ0) is 15.7. The van der Waals surface area contributed by atoms with Crippen molar-refractivity contribution >= 4 is 11.6 Å². The Morgan fingerprint density at radius 3 is 2.38 bits per heavy atom. The van der Waals surface area contributed by atoms with E-state index in [2.05, 4.69) is 24.0 Å². The molecule has 5 nitrogen and oxygen atoms in total. The number of rotatable bonds is 5. The highest BCUT2D eigenvalue weighted by Crippen LogP contribution is 2.22. The average Bonchev–Trinajstić information content (AvgIpc) is 2.83. The predicted molar refractivity (Wildman–Crippen MR) is 85.7 cm³/mol. The van der Waals surface area contributed by atoms with Gasteiger partial charge in [-0.15, -0.1) is 0 Å². The zero-order valence-electron chi connectivity index (χ0n) is 13.4. The third-order valence-electron chi connectivity index (χ3n) is 4.08. The van der Waals surface area contributed by atoms with Crippen molar-refractivity contribution in [1.29, 1.82) is 0 Å². The highest BCUT2D eigenvalue weighted by Gasteiger charge is 2.17. The number of aryl methyl sites for hydroxylation is 3. The molecule has 0 aliphatic rings. The monoisotopic (exact) mass is 309 g/mol. The van der Waals surface area contributed by atoms with Crippen molar-refractivity contribution in [2.75, 3.05) is 0 Å². The lowest BCUT2D eigenvalue weighted by Gasteiger charge is -2.10. The SMILES string of the molecule is CCC(N)Cc1c(C)nn(Cc2c(Cl)c(C)nn2C)c1C. The van der Waals surface area contributed by atoms with Crippen LogP contribution in [0.4, 0.5) is 0 Å². The molecule has 2 aromatic heterocycles. The molecule has 2 aromatic rings.